The van der Waals surface area contributed by atoms with Crippen LogP contribution in [0.2, 0.25) is 0 Å². The third-order valence-electron chi connectivity index (χ3n) is 7.27. The minimum absolute atomic E-state index is 0.215. The fraction of sp³-hybridized carbons (Fsp3) is 0.517. The Labute approximate surface area is 223 Å². The van der Waals surface area contributed by atoms with Crippen molar-refractivity contribution >= 4 is 29.6 Å². The summed E-state index contributed by atoms with van der Waals surface area (Å²) in [6.07, 6.45) is 8.08. The molecular weight excluding hydrogens is 490 g/mol. The van der Waals surface area contributed by atoms with Crippen LogP contribution in [0.5, 0.6) is 11.5 Å². The van der Waals surface area contributed by atoms with Crippen molar-refractivity contribution in [1.82, 2.24) is 0 Å². The molecule has 1 aromatic carbocycles. The predicted molar refractivity (Wildman–Crippen MR) is 140 cm³/mol. The topological polar surface area (TPSA) is 117 Å². The number of ether oxygens (including phenoxy) is 4. The van der Waals surface area contributed by atoms with Gasteiger partial charge < -0.3 is 24.3 Å². The first-order chi connectivity index (χ1) is 18.3. The van der Waals surface area contributed by atoms with Crippen molar-refractivity contribution < 1.29 is 38.1 Å². The van der Waals surface area contributed by atoms with Gasteiger partial charge in [0.1, 0.15) is 5.75 Å². The van der Waals surface area contributed by atoms with Gasteiger partial charge in [-0.05, 0) is 75.3 Å². The summed E-state index contributed by atoms with van der Waals surface area (Å²) in [4.78, 5) is 48.0. The Bertz CT molecular complexity index is 1020. The van der Waals surface area contributed by atoms with E-state index in [9.17, 15) is 19.2 Å². The number of esters is 4. The summed E-state index contributed by atoms with van der Waals surface area (Å²) in [5, 5.41) is 3.00. The maximum Gasteiger partial charge on any atom is 0.330 e. The Hall–Kier alpha value is -3.62. The number of hydrogen-bond acceptors (Lipinski definition) is 9. The average Bonchev–Trinajstić information content (AvgIpc) is 2.95. The first-order valence-corrected chi connectivity index (χ1v) is 13.2. The third kappa shape index (κ3) is 8.46. The standard InChI is InChI=1S/C29H37NO8/c1-4-26(31)35-17-19-6-10-21(11-7-19)28(33)37-23-14-15-25(24(16-23)30-3)38-29(34)22-12-8-20(9-13-22)18-36-27(32)5-2/h4-5,14-16,19-22,30H,1-2,6-13,17-18H2,3H3. The fourth-order valence-electron chi connectivity index (χ4n) is 4.90. The van der Waals surface area contributed by atoms with Crippen molar-refractivity contribution in [2.45, 2.75) is 51.4 Å². The van der Waals surface area contributed by atoms with Crippen LogP contribution in [0.1, 0.15) is 51.4 Å². The third-order valence-corrected chi connectivity index (χ3v) is 7.27. The van der Waals surface area contributed by atoms with Gasteiger partial charge in [0.25, 0.3) is 0 Å². The molecule has 206 valence electrons. The molecule has 38 heavy (non-hydrogen) atoms. The van der Waals surface area contributed by atoms with E-state index >= 15 is 0 Å². The molecule has 0 bridgehead atoms. The Balaban J connectivity index is 1.46. The minimum atomic E-state index is -0.434. The molecule has 1 aromatic rings. The van der Waals surface area contributed by atoms with Gasteiger partial charge in [0, 0.05) is 25.3 Å². The SMILES string of the molecule is C=CC(=O)OCC1CCC(C(=O)Oc2ccc(OC(=O)C3CCC(COC(=O)C=C)CC3)c(NC)c2)CC1. The lowest BCUT2D eigenvalue weighted by Gasteiger charge is -2.27. The number of carbonyl (C=O) groups is 4. The van der Waals surface area contributed by atoms with Gasteiger partial charge in [0.2, 0.25) is 0 Å². The van der Waals surface area contributed by atoms with Gasteiger partial charge in [-0.3, -0.25) is 9.59 Å². The molecule has 2 fully saturated rings. The number of nitrogens with one attached hydrogen (secondary N) is 1. The van der Waals surface area contributed by atoms with Gasteiger partial charge in [-0.15, -0.1) is 0 Å². The molecule has 3 rings (SSSR count). The quantitative estimate of drug-likeness (QED) is 0.250. The fourth-order valence-corrected chi connectivity index (χ4v) is 4.90. The van der Waals surface area contributed by atoms with Crippen LogP contribution in [0, 0.1) is 23.7 Å². The van der Waals surface area contributed by atoms with Crippen molar-refractivity contribution in [2.24, 2.45) is 23.7 Å². The predicted octanol–water partition coefficient (Wildman–Crippen LogP) is 4.61. The van der Waals surface area contributed by atoms with Gasteiger partial charge >= 0.3 is 23.9 Å². The molecule has 0 unspecified atom stereocenters. The number of anilines is 1. The van der Waals surface area contributed by atoms with E-state index in [-0.39, 0.29) is 35.6 Å². The Morgan fingerprint density at radius 3 is 1.71 bits per heavy atom. The molecular formula is C29H37NO8. The largest absolute Gasteiger partial charge is 0.462 e. The average molecular weight is 528 g/mol. The van der Waals surface area contributed by atoms with Gasteiger partial charge in [-0.1, -0.05) is 13.2 Å². The van der Waals surface area contributed by atoms with Crippen molar-refractivity contribution in [1.29, 1.82) is 0 Å². The van der Waals surface area contributed by atoms with E-state index in [0.29, 0.717) is 56.1 Å². The first kappa shape index (κ1) is 28.9. The highest BCUT2D eigenvalue weighted by Gasteiger charge is 2.30. The molecule has 0 aromatic heterocycles. The zero-order valence-electron chi connectivity index (χ0n) is 21.9. The number of rotatable bonds is 11. The molecule has 2 aliphatic carbocycles. The van der Waals surface area contributed by atoms with Gasteiger partial charge in [0.15, 0.2) is 5.75 Å². The smallest absolute Gasteiger partial charge is 0.330 e. The van der Waals surface area contributed by atoms with Gasteiger partial charge in [-0.25, -0.2) is 9.59 Å². The Morgan fingerprint density at radius 1 is 0.789 bits per heavy atom. The van der Waals surface area contributed by atoms with Crippen molar-refractivity contribution in [2.75, 3.05) is 25.6 Å². The molecule has 0 atom stereocenters. The lowest BCUT2D eigenvalue weighted by molar-refractivity contribution is -0.143. The molecule has 9 heteroatoms. The molecule has 0 aliphatic heterocycles. The van der Waals surface area contributed by atoms with E-state index in [2.05, 4.69) is 18.5 Å². The lowest BCUT2D eigenvalue weighted by Crippen LogP contribution is -2.28. The van der Waals surface area contributed by atoms with Crippen LogP contribution in [0.4, 0.5) is 5.69 Å². The summed E-state index contributed by atoms with van der Waals surface area (Å²) in [5.41, 5.74) is 0.543. The van der Waals surface area contributed by atoms with Crippen molar-refractivity contribution in [3.8, 4) is 11.5 Å². The van der Waals surface area contributed by atoms with E-state index in [0.717, 1.165) is 37.8 Å². The normalized spacial score (nSPS) is 22.9. The summed E-state index contributed by atoms with van der Waals surface area (Å²) in [6, 6.07) is 4.88. The summed E-state index contributed by atoms with van der Waals surface area (Å²) in [5.74, 6) is -0.700. The maximum atomic E-state index is 12.8. The van der Waals surface area contributed by atoms with Crippen molar-refractivity contribution in [3.63, 3.8) is 0 Å². The molecule has 9 nitrogen and oxygen atoms in total. The summed E-state index contributed by atoms with van der Waals surface area (Å²) in [6.45, 7) is 7.45. The second kappa shape index (κ2) is 14.4. The van der Waals surface area contributed by atoms with E-state index in [1.807, 2.05) is 0 Å². The summed E-state index contributed by atoms with van der Waals surface area (Å²) < 4.78 is 21.5. The van der Waals surface area contributed by atoms with E-state index < -0.39 is 11.9 Å². The highest BCUT2D eigenvalue weighted by molar-refractivity contribution is 5.81. The van der Waals surface area contributed by atoms with Crippen LogP contribution in [0.3, 0.4) is 0 Å². The number of hydrogen-bond donors (Lipinski definition) is 1. The molecule has 0 heterocycles. The van der Waals surface area contributed by atoms with Crippen LogP contribution in [0.25, 0.3) is 0 Å². The minimum Gasteiger partial charge on any atom is -0.462 e. The molecule has 0 radical (unpaired) electrons. The first-order valence-electron chi connectivity index (χ1n) is 13.2. The zero-order valence-corrected chi connectivity index (χ0v) is 21.9. The molecule has 0 saturated heterocycles. The molecule has 1 N–H and O–H groups in total. The highest BCUT2D eigenvalue weighted by Crippen LogP contribution is 2.35. The van der Waals surface area contributed by atoms with Crippen LogP contribution in [-0.4, -0.2) is 44.1 Å². The van der Waals surface area contributed by atoms with E-state index in [1.54, 1.807) is 25.2 Å². The monoisotopic (exact) mass is 527 g/mol. The van der Waals surface area contributed by atoms with E-state index in [4.69, 9.17) is 18.9 Å². The lowest BCUT2D eigenvalue weighted by atomic mass is 9.82. The van der Waals surface area contributed by atoms with Crippen LogP contribution in [0.15, 0.2) is 43.5 Å². The van der Waals surface area contributed by atoms with Crippen LogP contribution < -0.4 is 14.8 Å². The van der Waals surface area contributed by atoms with Crippen molar-refractivity contribution in [3.05, 3.63) is 43.5 Å². The molecule has 2 saturated carbocycles. The van der Waals surface area contributed by atoms with Gasteiger partial charge in [-0.2, -0.15) is 0 Å². The summed E-state index contributed by atoms with van der Waals surface area (Å²) in [7, 11) is 1.70. The highest BCUT2D eigenvalue weighted by atomic mass is 16.5. The summed E-state index contributed by atoms with van der Waals surface area (Å²) >= 11 is 0. The Kier molecular flexibility index (Phi) is 10.9. The molecule has 2 aliphatic rings. The number of carbonyl (C=O) groups excluding carboxylic acids is 4. The molecule has 0 spiro atoms. The molecule has 0 amide bonds. The van der Waals surface area contributed by atoms with Crippen LogP contribution >= 0.6 is 0 Å². The zero-order chi connectivity index (χ0) is 27.5. The maximum absolute atomic E-state index is 12.8. The van der Waals surface area contributed by atoms with Crippen LogP contribution in [-0.2, 0) is 28.7 Å². The van der Waals surface area contributed by atoms with Gasteiger partial charge in [0.05, 0.1) is 30.7 Å². The Morgan fingerprint density at radius 2 is 1.26 bits per heavy atom. The second-order valence-corrected chi connectivity index (χ2v) is 9.85. The van der Waals surface area contributed by atoms with E-state index in [1.165, 1.54) is 0 Å². The second-order valence-electron chi connectivity index (χ2n) is 9.85. The number of benzene rings is 1.